The third-order valence-corrected chi connectivity index (χ3v) is 6.29. The van der Waals surface area contributed by atoms with Crippen LogP contribution in [0.5, 0.6) is 11.5 Å². The number of methoxy groups -OCH3 is 1. The molecule has 37 heavy (non-hydrogen) atoms. The highest BCUT2D eigenvalue weighted by molar-refractivity contribution is 6.10. The van der Waals surface area contributed by atoms with Crippen LogP contribution in [0.2, 0.25) is 0 Å². The Balaban J connectivity index is 1.56. The lowest BCUT2D eigenvalue weighted by Crippen LogP contribution is -2.25. The van der Waals surface area contributed by atoms with Crippen LogP contribution in [0.4, 0.5) is 0 Å². The van der Waals surface area contributed by atoms with E-state index in [2.05, 4.69) is 0 Å². The van der Waals surface area contributed by atoms with Gasteiger partial charge in [-0.25, -0.2) is 5.01 Å². The Kier molecular flexibility index (Phi) is 6.81. The van der Waals surface area contributed by atoms with Gasteiger partial charge in [-0.2, -0.15) is 5.10 Å². The second-order valence-electron chi connectivity index (χ2n) is 8.72. The second kappa shape index (κ2) is 10.5. The first-order valence-corrected chi connectivity index (χ1v) is 12.0. The Hall–Kier alpha value is -4.71. The lowest BCUT2D eigenvalue weighted by Gasteiger charge is -2.21. The number of esters is 1. The largest absolute Gasteiger partial charge is 0.497 e. The molecule has 1 amide bonds. The van der Waals surface area contributed by atoms with Crippen LogP contribution in [0, 0.1) is 0 Å². The molecule has 0 unspecified atom stereocenters. The summed E-state index contributed by atoms with van der Waals surface area (Å²) in [5.41, 5.74) is 3.21. The van der Waals surface area contributed by atoms with Gasteiger partial charge in [-0.05, 0) is 40.8 Å². The van der Waals surface area contributed by atoms with Crippen LogP contribution in [0.3, 0.4) is 0 Å². The van der Waals surface area contributed by atoms with E-state index in [1.807, 2.05) is 91.0 Å². The van der Waals surface area contributed by atoms with Crippen molar-refractivity contribution in [1.29, 1.82) is 0 Å². The summed E-state index contributed by atoms with van der Waals surface area (Å²) < 4.78 is 11.0. The van der Waals surface area contributed by atoms with E-state index in [0.717, 1.165) is 27.6 Å². The van der Waals surface area contributed by atoms with E-state index in [9.17, 15) is 9.59 Å². The van der Waals surface area contributed by atoms with Crippen molar-refractivity contribution in [1.82, 2.24) is 5.01 Å². The number of carbonyl (C=O) groups is 2. The second-order valence-corrected chi connectivity index (χ2v) is 8.72. The van der Waals surface area contributed by atoms with Gasteiger partial charge in [0.05, 0.1) is 18.9 Å². The molecule has 6 heteroatoms. The minimum Gasteiger partial charge on any atom is -0.497 e. The van der Waals surface area contributed by atoms with Crippen LogP contribution in [-0.2, 0) is 9.59 Å². The number of hydrazone groups is 1. The zero-order valence-corrected chi connectivity index (χ0v) is 20.6. The Morgan fingerprint density at radius 2 is 1.65 bits per heavy atom. The maximum atomic E-state index is 13.4. The first-order valence-electron chi connectivity index (χ1n) is 12.0. The number of carbonyl (C=O) groups excluding carboxylic acids is 2. The van der Waals surface area contributed by atoms with Gasteiger partial charge in [-0.3, -0.25) is 9.59 Å². The number of hydrogen-bond acceptors (Lipinski definition) is 5. The fourth-order valence-corrected chi connectivity index (χ4v) is 4.49. The van der Waals surface area contributed by atoms with Crippen molar-refractivity contribution >= 4 is 34.4 Å². The highest BCUT2D eigenvalue weighted by Crippen LogP contribution is 2.38. The van der Waals surface area contributed by atoms with Gasteiger partial charge in [0.15, 0.2) is 0 Å². The number of amides is 1. The number of rotatable bonds is 6. The summed E-state index contributed by atoms with van der Waals surface area (Å²) in [7, 11) is 1.62. The van der Waals surface area contributed by atoms with Crippen molar-refractivity contribution in [2.24, 2.45) is 5.10 Å². The van der Waals surface area contributed by atoms with Crippen LogP contribution >= 0.6 is 0 Å². The number of fused-ring (bicyclic) bond motifs is 1. The molecular weight excluding hydrogens is 464 g/mol. The van der Waals surface area contributed by atoms with Gasteiger partial charge in [0, 0.05) is 30.4 Å². The summed E-state index contributed by atoms with van der Waals surface area (Å²) in [6.07, 6.45) is 3.77. The van der Waals surface area contributed by atoms with E-state index in [1.165, 1.54) is 18.0 Å². The Morgan fingerprint density at radius 3 is 2.38 bits per heavy atom. The molecule has 0 aromatic heterocycles. The summed E-state index contributed by atoms with van der Waals surface area (Å²) >= 11 is 0. The smallest absolute Gasteiger partial charge is 0.308 e. The van der Waals surface area contributed by atoms with E-state index in [-0.39, 0.29) is 11.9 Å². The van der Waals surface area contributed by atoms with Crippen LogP contribution in [-0.4, -0.2) is 29.7 Å². The molecule has 0 fully saturated rings. The number of hydrogen-bond donors (Lipinski definition) is 0. The maximum absolute atomic E-state index is 13.4. The van der Waals surface area contributed by atoms with Crippen molar-refractivity contribution in [3.8, 4) is 11.5 Å². The fraction of sp³-hybridized carbons (Fsp3) is 0.129. The van der Waals surface area contributed by atoms with Gasteiger partial charge in [0.2, 0.25) is 0 Å². The molecular formula is C31H26N2O4. The van der Waals surface area contributed by atoms with Crippen molar-refractivity contribution in [2.45, 2.75) is 19.4 Å². The molecule has 0 radical (unpaired) electrons. The lowest BCUT2D eigenvalue weighted by molar-refractivity contribution is -0.132. The highest BCUT2D eigenvalue weighted by Gasteiger charge is 2.33. The Bertz CT molecular complexity index is 1510. The van der Waals surface area contributed by atoms with Crippen LogP contribution in [0.1, 0.15) is 36.1 Å². The number of benzene rings is 4. The number of ether oxygens (including phenoxy) is 2. The van der Waals surface area contributed by atoms with E-state index < -0.39 is 5.97 Å². The maximum Gasteiger partial charge on any atom is 0.308 e. The quantitative estimate of drug-likeness (QED) is 0.184. The van der Waals surface area contributed by atoms with E-state index in [4.69, 9.17) is 14.6 Å². The van der Waals surface area contributed by atoms with Crippen molar-refractivity contribution in [2.75, 3.05) is 7.11 Å². The average molecular weight is 491 g/mol. The van der Waals surface area contributed by atoms with Crippen LogP contribution in [0.15, 0.2) is 102 Å². The molecule has 1 heterocycles. The molecule has 184 valence electrons. The molecule has 1 atom stereocenters. The molecule has 0 saturated heterocycles. The molecule has 5 rings (SSSR count). The molecule has 1 aliphatic rings. The van der Waals surface area contributed by atoms with Crippen molar-refractivity contribution < 1.29 is 19.1 Å². The fourth-order valence-electron chi connectivity index (χ4n) is 4.49. The van der Waals surface area contributed by atoms with Gasteiger partial charge in [0.1, 0.15) is 11.5 Å². The number of nitrogens with zero attached hydrogens (tertiary/aromatic N) is 2. The van der Waals surface area contributed by atoms with Crippen LogP contribution in [0.25, 0.3) is 16.8 Å². The summed E-state index contributed by atoms with van der Waals surface area (Å²) in [5.74, 6) is 0.527. The molecule has 0 aliphatic carbocycles. The van der Waals surface area contributed by atoms with Gasteiger partial charge < -0.3 is 9.47 Å². The van der Waals surface area contributed by atoms with Crippen LogP contribution < -0.4 is 9.47 Å². The minimum atomic E-state index is -0.415. The first kappa shape index (κ1) is 24.0. The summed E-state index contributed by atoms with van der Waals surface area (Å²) in [6, 6.07) is 28.5. The molecule has 4 aromatic carbocycles. The first-order chi connectivity index (χ1) is 18.0. The zero-order valence-electron chi connectivity index (χ0n) is 20.6. The van der Waals surface area contributed by atoms with E-state index >= 15 is 0 Å². The molecule has 1 aliphatic heterocycles. The minimum absolute atomic E-state index is 0.241. The third-order valence-electron chi connectivity index (χ3n) is 6.29. The van der Waals surface area contributed by atoms with Crippen molar-refractivity contribution in [3.05, 3.63) is 114 Å². The molecule has 0 bridgehead atoms. The standard InChI is InChI=1S/C31H26N2O4/c1-21(34)37-31-26-11-7-6-10-23(26)15-18-27(31)28-20-29(24-13-16-25(36-2)17-14-24)33(32-28)30(35)19-12-22-8-4-3-5-9-22/h3-19,29H,20H2,1-2H3/b19-12+/t29-/m0/s1. The Labute approximate surface area is 215 Å². The summed E-state index contributed by atoms with van der Waals surface area (Å²) in [4.78, 5) is 25.4. The predicted molar refractivity (Wildman–Crippen MR) is 144 cm³/mol. The highest BCUT2D eigenvalue weighted by atomic mass is 16.5. The third kappa shape index (κ3) is 5.14. The topological polar surface area (TPSA) is 68.2 Å². The Morgan fingerprint density at radius 1 is 0.919 bits per heavy atom. The van der Waals surface area contributed by atoms with Gasteiger partial charge in [-0.1, -0.05) is 72.8 Å². The lowest BCUT2D eigenvalue weighted by atomic mass is 9.96. The summed E-state index contributed by atoms with van der Waals surface area (Å²) in [6.45, 7) is 1.38. The molecule has 0 saturated carbocycles. The monoisotopic (exact) mass is 490 g/mol. The molecule has 6 nitrogen and oxygen atoms in total. The normalized spacial score (nSPS) is 15.1. The SMILES string of the molecule is COc1ccc([C@@H]2CC(c3ccc4ccccc4c3OC(C)=O)=NN2C(=O)/C=C/c2ccccc2)cc1. The summed E-state index contributed by atoms with van der Waals surface area (Å²) in [5, 5.41) is 8.04. The van der Waals surface area contributed by atoms with E-state index in [1.54, 1.807) is 13.2 Å². The van der Waals surface area contributed by atoms with Gasteiger partial charge in [0.25, 0.3) is 5.91 Å². The van der Waals surface area contributed by atoms with E-state index in [0.29, 0.717) is 23.4 Å². The molecule has 4 aromatic rings. The average Bonchev–Trinajstić information content (AvgIpc) is 3.37. The molecule has 0 N–H and O–H groups in total. The zero-order chi connectivity index (χ0) is 25.8. The predicted octanol–water partition coefficient (Wildman–Crippen LogP) is 6.16. The molecule has 0 spiro atoms. The van der Waals surface area contributed by atoms with Gasteiger partial charge >= 0.3 is 5.97 Å². The van der Waals surface area contributed by atoms with Crippen molar-refractivity contribution in [3.63, 3.8) is 0 Å². The van der Waals surface area contributed by atoms with Gasteiger partial charge in [-0.15, -0.1) is 0 Å².